The fraction of sp³-hybridized carbons (Fsp3) is 0.148. The highest BCUT2D eigenvalue weighted by Gasteiger charge is 2.16. The fourth-order valence-electron chi connectivity index (χ4n) is 4.65. The van der Waals surface area contributed by atoms with E-state index in [1.54, 1.807) is 0 Å². The van der Waals surface area contributed by atoms with Crippen LogP contribution in [0.3, 0.4) is 0 Å². The Kier molecular flexibility index (Phi) is 3.98. The van der Waals surface area contributed by atoms with Gasteiger partial charge in [-0.25, -0.2) is 0 Å². The first kappa shape index (κ1) is 16.9. The first-order valence-corrected chi connectivity index (χ1v) is 11.2. The van der Waals surface area contributed by atoms with E-state index in [4.69, 9.17) is 4.98 Å². The monoisotopic (exact) mass is 391 g/mol. The first-order chi connectivity index (χ1) is 14.4. The molecule has 5 aromatic rings. The number of benzene rings is 3. The molecule has 1 nitrogen and oxygen atoms in total. The number of hydrogen-bond acceptors (Lipinski definition) is 2. The number of aryl methyl sites for hydroxylation is 1. The SMILES string of the molecule is c1ccc(-c2ccc3sc4cc(-c5nccc6c5CCCC6)ccc4c3c2)cc1. The van der Waals surface area contributed by atoms with E-state index >= 15 is 0 Å². The number of hydrogen-bond donors (Lipinski definition) is 0. The zero-order valence-corrected chi connectivity index (χ0v) is 17.0. The molecule has 140 valence electrons. The van der Waals surface area contributed by atoms with Crippen molar-refractivity contribution < 1.29 is 0 Å². The van der Waals surface area contributed by atoms with Gasteiger partial charge < -0.3 is 0 Å². The molecule has 2 aromatic heterocycles. The molecule has 0 saturated carbocycles. The number of aromatic nitrogens is 1. The lowest BCUT2D eigenvalue weighted by molar-refractivity contribution is 0.684. The van der Waals surface area contributed by atoms with Crippen LogP contribution in [0.1, 0.15) is 24.0 Å². The molecule has 3 aromatic carbocycles. The summed E-state index contributed by atoms with van der Waals surface area (Å²) in [5, 5.41) is 2.69. The lowest BCUT2D eigenvalue weighted by Crippen LogP contribution is -2.05. The number of rotatable bonds is 2. The van der Waals surface area contributed by atoms with Gasteiger partial charge in [0.05, 0.1) is 5.69 Å². The molecule has 0 amide bonds. The Morgan fingerprint density at radius 3 is 2.45 bits per heavy atom. The van der Waals surface area contributed by atoms with Gasteiger partial charge in [-0.15, -0.1) is 11.3 Å². The minimum absolute atomic E-state index is 1.16. The van der Waals surface area contributed by atoms with Crippen molar-refractivity contribution in [2.24, 2.45) is 0 Å². The van der Waals surface area contributed by atoms with Crippen LogP contribution in [0.25, 0.3) is 42.6 Å². The van der Waals surface area contributed by atoms with Crippen LogP contribution in [0.4, 0.5) is 0 Å². The highest BCUT2D eigenvalue weighted by Crippen LogP contribution is 2.39. The molecule has 2 heteroatoms. The van der Waals surface area contributed by atoms with Crippen LogP contribution in [0.15, 0.2) is 79.0 Å². The molecule has 2 heterocycles. The highest BCUT2D eigenvalue weighted by molar-refractivity contribution is 7.25. The van der Waals surface area contributed by atoms with Gasteiger partial charge in [-0.05, 0) is 72.2 Å². The second-order valence-corrected chi connectivity index (χ2v) is 8.98. The van der Waals surface area contributed by atoms with Crippen molar-refractivity contribution in [3.05, 3.63) is 90.1 Å². The predicted molar refractivity (Wildman–Crippen MR) is 125 cm³/mol. The lowest BCUT2D eigenvalue weighted by atomic mass is 9.89. The smallest absolute Gasteiger partial charge is 0.0737 e. The standard InChI is InChI=1S/C27H21NS/c1-2-6-18(7-3-1)20-11-13-25-24(16-20)23-12-10-21(17-26(23)29-25)27-22-9-5-4-8-19(22)14-15-28-27/h1-3,6-7,10-17H,4-5,8-9H2. The number of fused-ring (bicyclic) bond motifs is 4. The number of pyridine rings is 1. The molecular weight excluding hydrogens is 370 g/mol. The van der Waals surface area contributed by atoms with Crippen molar-refractivity contribution in [2.45, 2.75) is 25.7 Å². The zero-order chi connectivity index (χ0) is 19.2. The summed E-state index contributed by atoms with van der Waals surface area (Å²) in [5.41, 5.74) is 7.94. The van der Waals surface area contributed by atoms with Crippen molar-refractivity contribution in [3.8, 4) is 22.4 Å². The minimum Gasteiger partial charge on any atom is -0.256 e. The molecule has 0 fully saturated rings. The van der Waals surface area contributed by atoms with E-state index < -0.39 is 0 Å². The van der Waals surface area contributed by atoms with Gasteiger partial charge in [0.25, 0.3) is 0 Å². The molecule has 0 atom stereocenters. The van der Waals surface area contributed by atoms with E-state index in [2.05, 4.69) is 72.8 Å². The maximum absolute atomic E-state index is 4.78. The predicted octanol–water partition coefficient (Wildman–Crippen LogP) is 7.66. The molecule has 0 radical (unpaired) electrons. The van der Waals surface area contributed by atoms with Gasteiger partial charge in [-0.1, -0.05) is 48.5 Å². The zero-order valence-electron chi connectivity index (χ0n) is 16.2. The third-order valence-electron chi connectivity index (χ3n) is 6.13. The van der Waals surface area contributed by atoms with Crippen LogP contribution in [-0.4, -0.2) is 4.98 Å². The summed E-state index contributed by atoms with van der Waals surface area (Å²) in [4.78, 5) is 4.78. The third-order valence-corrected chi connectivity index (χ3v) is 7.26. The summed E-state index contributed by atoms with van der Waals surface area (Å²) in [6.07, 6.45) is 6.91. The maximum Gasteiger partial charge on any atom is 0.0737 e. The Hall–Kier alpha value is -2.97. The van der Waals surface area contributed by atoms with Crippen molar-refractivity contribution >= 4 is 31.5 Å². The van der Waals surface area contributed by atoms with Crippen LogP contribution >= 0.6 is 11.3 Å². The molecule has 0 unspecified atom stereocenters. The summed E-state index contributed by atoms with van der Waals surface area (Å²) >= 11 is 1.88. The average molecular weight is 392 g/mol. The second-order valence-electron chi connectivity index (χ2n) is 7.89. The van der Waals surface area contributed by atoms with E-state index in [0.29, 0.717) is 0 Å². The van der Waals surface area contributed by atoms with Crippen LogP contribution in [0, 0.1) is 0 Å². The van der Waals surface area contributed by atoms with E-state index in [-0.39, 0.29) is 0 Å². The van der Waals surface area contributed by atoms with Gasteiger partial charge in [0.1, 0.15) is 0 Å². The van der Waals surface area contributed by atoms with Crippen molar-refractivity contribution in [2.75, 3.05) is 0 Å². The summed E-state index contributed by atoms with van der Waals surface area (Å²) in [6, 6.07) is 26.6. The molecule has 1 aliphatic carbocycles. The average Bonchev–Trinajstić information content (AvgIpc) is 3.16. The summed E-state index contributed by atoms with van der Waals surface area (Å²) in [6.45, 7) is 0. The Balaban J connectivity index is 1.50. The van der Waals surface area contributed by atoms with Gasteiger partial charge in [-0.2, -0.15) is 0 Å². The molecule has 1 aliphatic rings. The second kappa shape index (κ2) is 6.82. The first-order valence-electron chi connectivity index (χ1n) is 10.4. The number of thiophene rings is 1. The Labute approximate surface area is 174 Å². The van der Waals surface area contributed by atoms with Crippen LogP contribution in [0.2, 0.25) is 0 Å². The van der Waals surface area contributed by atoms with Crippen LogP contribution in [-0.2, 0) is 12.8 Å². The van der Waals surface area contributed by atoms with Gasteiger partial charge in [0.2, 0.25) is 0 Å². The Morgan fingerprint density at radius 1 is 0.655 bits per heavy atom. The molecule has 0 bridgehead atoms. The van der Waals surface area contributed by atoms with E-state index in [1.165, 1.54) is 72.9 Å². The van der Waals surface area contributed by atoms with Gasteiger partial charge in [-0.3, -0.25) is 4.98 Å². The van der Waals surface area contributed by atoms with Crippen LogP contribution in [0.5, 0.6) is 0 Å². The molecule has 0 aliphatic heterocycles. The normalized spacial score (nSPS) is 13.7. The van der Waals surface area contributed by atoms with Crippen molar-refractivity contribution in [1.29, 1.82) is 0 Å². The summed E-state index contributed by atoms with van der Waals surface area (Å²) < 4.78 is 2.69. The molecule has 0 N–H and O–H groups in total. The number of nitrogens with zero attached hydrogens (tertiary/aromatic N) is 1. The van der Waals surface area contributed by atoms with Gasteiger partial charge >= 0.3 is 0 Å². The van der Waals surface area contributed by atoms with Crippen molar-refractivity contribution in [3.63, 3.8) is 0 Å². The lowest BCUT2D eigenvalue weighted by Gasteiger charge is -2.18. The maximum atomic E-state index is 4.78. The fourth-order valence-corrected chi connectivity index (χ4v) is 5.77. The highest BCUT2D eigenvalue weighted by atomic mass is 32.1. The van der Waals surface area contributed by atoms with E-state index in [9.17, 15) is 0 Å². The molecule has 6 rings (SSSR count). The third kappa shape index (κ3) is 2.87. The quantitative estimate of drug-likeness (QED) is 0.301. The van der Waals surface area contributed by atoms with E-state index in [1.807, 2.05) is 17.5 Å². The molecule has 0 spiro atoms. The largest absolute Gasteiger partial charge is 0.256 e. The van der Waals surface area contributed by atoms with Crippen molar-refractivity contribution in [1.82, 2.24) is 4.98 Å². The summed E-state index contributed by atoms with van der Waals surface area (Å²) in [7, 11) is 0. The topological polar surface area (TPSA) is 12.9 Å². The molecule has 29 heavy (non-hydrogen) atoms. The Morgan fingerprint density at radius 2 is 1.52 bits per heavy atom. The summed E-state index contributed by atoms with van der Waals surface area (Å²) in [5.74, 6) is 0. The molecule has 0 saturated heterocycles. The van der Waals surface area contributed by atoms with Gasteiger partial charge in [0, 0.05) is 31.9 Å². The minimum atomic E-state index is 1.16. The van der Waals surface area contributed by atoms with E-state index in [0.717, 1.165) is 6.42 Å². The Bertz CT molecular complexity index is 1350. The van der Waals surface area contributed by atoms with Crippen LogP contribution < -0.4 is 0 Å². The molecular formula is C27H21NS. The van der Waals surface area contributed by atoms with Gasteiger partial charge in [0.15, 0.2) is 0 Å².